The second kappa shape index (κ2) is 6.27. The largest absolute Gasteiger partial charge is 0.377 e. The third kappa shape index (κ3) is 3.51. The van der Waals surface area contributed by atoms with Crippen LogP contribution < -0.4 is 10.2 Å². The molecule has 2 aromatic rings. The summed E-state index contributed by atoms with van der Waals surface area (Å²) in [5, 5.41) is 3.44. The number of nitrogens with zero attached hydrogens (tertiary/aromatic N) is 1. The van der Waals surface area contributed by atoms with Gasteiger partial charge in [0.15, 0.2) is 0 Å². The second-order valence-electron chi connectivity index (χ2n) is 4.98. The van der Waals surface area contributed by atoms with E-state index in [1.807, 2.05) is 50.2 Å². The van der Waals surface area contributed by atoms with Crippen molar-refractivity contribution in [3.63, 3.8) is 0 Å². The Kier molecular flexibility index (Phi) is 4.65. The number of halogens is 2. The van der Waals surface area contributed by atoms with Crippen LogP contribution in [0.1, 0.15) is 18.5 Å². The lowest BCUT2D eigenvalue weighted by molar-refractivity contribution is 0.623. The molecule has 0 aliphatic carbocycles. The van der Waals surface area contributed by atoms with Gasteiger partial charge in [-0.05, 0) is 42.8 Å². The van der Waals surface area contributed by atoms with Crippen molar-refractivity contribution < 1.29 is 4.39 Å². The van der Waals surface area contributed by atoms with Crippen LogP contribution in [0.3, 0.4) is 0 Å². The zero-order valence-corrected chi connectivity index (χ0v) is 13.4. The molecule has 0 saturated carbocycles. The molecule has 0 heterocycles. The zero-order chi connectivity index (χ0) is 14.7. The van der Waals surface area contributed by atoms with Gasteiger partial charge in [0.1, 0.15) is 5.82 Å². The molecule has 0 aliphatic heterocycles. The van der Waals surface area contributed by atoms with Crippen molar-refractivity contribution in [1.82, 2.24) is 0 Å². The average Bonchev–Trinajstić information content (AvgIpc) is 2.38. The summed E-state index contributed by atoms with van der Waals surface area (Å²) in [5.41, 5.74) is 3.03. The molecule has 2 nitrogen and oxygen atoms in total. The summed E-state index contributed by atoms with van der Waals surface area (Å²) in [5.74, 6) is -0.210. The van der Waals surface area contributed by atoms with Gasteiger partial charge in [0, 0.05) is 24.6 Å². The molecule has 0 aliphatic rings. The summed E-state index contributed by atoms with van der Waals surface area (Å²) in [7, 11) is 4.00. The maximum absolute atomic E-state index is 13.3. The monoisotopic (exact) mass is 336 g/mol. The molecule has 0 fully saturated rings. The molecule has 2 rings (SSSR count). The molecule has 0 spiro atoms. The Bertz CT molecular complexity index is 599. The van der Waals surface area contributed by atoms with Gasteiger partial charge in [-0.3, -0.25) is 0 Å². The van der Waals surface area contributed by atoms with Crippen LogP contribution in [0.25, 0.3) is 0 Å². The summed E-state index contributed by atoms with van der Waals surface area (Å²) < 4.78 is 14.3. The third-order valence-electron chi connectivity index (χ3n) is 3.16. The Balaban J connectivity index is 2.27. The lowest BCUT2D eigenvalue weighted by Crippen LogP contribution is -2.14. The van der Waals surface area contributed by atoms with E-state index < -0.39 is 0 Å². The van der Waals surface area contributed by atoms with Gasteiger partial charge < -0.3 is 10.2 Å². The number of hydrogen-bond acceptors (Lipinski definition) is 2. The van der Waals surface area contributed by atoms with Gasteiger partial charge in [0.05, 0.1) is 11.4 Å². The van der Waals surface area contributed by atoms with Gasteiger partial charge in [-0.1, -0.05) is 28.1 Å². The van der Waals surface area contributed by atoms with E-state index in [0.29, 0.717) is 0 Å². The smallest absolute Gasteiger partial charge is 0.123 e. The molecule has 2 aromatic carbocycles. The van der Waals surface area contributed by atoms with Gasteiger partial charge in [-0.25, -0.2) is 4.39 Å². The van der Waals surface area contributed by atoms with Crippen LogP contribution in [0.5, 0.6) is 0 Å². The van der Waals surface area contributed by atoms with E-state index in [1.165, 1.54) is 6.07 Å². The molecule has 0 amide bonds. The van der Waals surface area contributed by atoms with E-state index >= 15 is 0 Å². The predicted octanol–water partition coefficient (Wildman–Crippen LogP) is 4.83. The minimum absolute atomic E-state index is 0.0266. The number of benzene rings is 2. The molecule has 0 bridgehead atoms. The summed E-state index contributed by atoms with van der Waals surface area (Å²) in [4.78, 5) is 2.05. The van der Waals surface area contributed by atoms with E-state index in [2.05, 4.69) is 21.2 Å². The highest BCUT2D eigenvalue weighted by atomic mass is 79.9. The highest BCUT2D eigenvalue weighted by Gasteiger charge is 2.10. The first-order chi connectivity index (χ1) is 9.47. The molecule has 0 aromatic heterocycles. The van der Waals surface area contributed by atoms with Crippen LogP contribution in [0, 0.1) is 5.82 Å². The summed E-state index contributed by atoms with van der Waals surface area (Å²) in [6, 6.07) is 12.8. The van der Waals surface area contributed by atoms with Crippen LogP contribution in [-0.4, -0.2) is 14.1 Å². The first kappa shape index (κ1) is 14.9. The second-order valence-corrected chi connectivity index (χ2v) is 5.89. The molecular formula is C16H18BrFN2. The van der Waals surface area contributed by atoms with E-state index in [-0.39, 0.29) is 11.9 Å². The van der Waals surface area contributed by atoms with Crippen LogP contribution in [0.15, 0.2) is 46.9 Å². The number of rotatable bonds is 4. The van der Waals surface area contributed by atoms with Crippen LogP contribution in [0.4, 0.5) is 15.8 Å². The van der Waals surface area contributed by atoms with Crippen molar-refractivity contribution in [2.75, 3.05) is 24.3 Å². The molecule has 0 saturated heterocycles. The van der Waals surface area contributed by atoms with E-state index in [9.17, 15) is 4.39 Å². The minimum Gasteiger partial charge on any atom is -0.377 e. The molecule has 4 heteroatoms. The summed E-state index contributed by atoms with van der Waals surface area (Å²) >= 11 is 3.48. The van der Waals surface area contributed by atoms with Gasteiger partial charge in [-0.15, -0.1) is 0 Å². The molecule has 106 valence electrons. The van der Waals surface area contributed by atoms with Crippen LogP contribution >= 0.6 is 15.9 Å². The third-order valence-corrected chi connectivity index (χ3v) is 3.65. The fourth-order valence-electron chi connectivity index (χ4n) is 2.11. The maximum atomic E-state index is 13.3. The van der Waals surface area contributed by atoms with Gasteiger partial charge in [-0.2, -0.15) is 0 Å². The van der Waals surface area contributed by atoms with Crippen molar-refractivity contribution in [2.24, 2.45) is 0 Å². The Morgan fingerprint density at radius 3 is 2.55 bits per heavy atom. The quantitative estimate of drug-likeness (QED) is 0.860. The van der Waals surface area contributed by atoms with Crippen LogP contribution in [0.2, 0.25) is 0 Å². The van der Waals surface area contributed by atoms with Crippen LogP contribution in [-0.2, 0) is 0 Å². The number of anilines is 2. The molecule has 20 heavy (non-hydrogen) atoms. The maximum Gasteiger partial charge on any atom is 0.123 e. The Hall–Kier alpha value is -1.55. The van der Waals surface area contributed by atoms with E-state index in [0.717, 1.165) is 21.4 Å². The molecule has 0 radical (unpaired) electrons. The van der Waals surface area contributed by atoms with Gasteiger partial charge in [0.2, 0.25) is 0 Å². The predicted molar refractivity (Wildman–Crippen MR) is 86.9 cm³/mol. The lowest BCUT2D eigenvalue weighted by Gasteiger charge is -2.22. The Morgan fingerprint density at radius 2 is 1.90 bits per heavy atom. The normalized spacial score (nSPS) is 12.1. The van der Waals surface area contributed by atoms with Gasteiger partial charge >= 0.3 is 0 Å². The SMILES string of the molecule is CC(Nc1cc(Br)ccc1N(C)C)c1cccc(F)c1. The fraction of sp³-hybridized carbons (Fsp3) is 0.250. The Labute approximate surface area is 127 Å². The van der Waals surface area contributed by atoms with E-state index in [4.69, 9.17) is 0 Å². The molecule has 1 N–H and O–H groups in total. The highest BCUT2D eigenvalue weighted by molar-refractivity contribution is 9.10. The number of hydrogen-bond donors (Lipinski definition) is 1. The van der Waals surface area contributed by atoms with Crippen molar-refractivity contribution in [3.05, 3.63) is 58.3 Å². The van der Waals surface area contributed by atoms with Crippen molar-refractivity contribution in [1.29, 1.82) is 0 Å². The summed E-state index contributed by atoms with van der Waals surface area (Å²) in [6.07, 6.45) is 0. The fourth-order valence-corrected chi connectivity index (χ4v) is 2.47. The highest BCUT2D eigenvalue weighted by Crippen LogP contribution is 2.31. The summed E-state index contributed by atoms with van der Waals surface area (Å²) in [6.45, 7) is 2.02. The number of nitrogens with one attached hydrogen (secondary N) is 1. The molecule has 1 atom stereocenters. The first-order valence-corrected chi connectivity index (χ1v) is 7.25. The molecule has 1 unspecified atom stereocenters. The standard InChI is InChI=1S/C16H18BrFN2/c1-11(12-5-4-6-14(18)9-12)19-15-10-13(17)7-8-16(15)20(2)3/h4-11,19H,1-3H3. The molecular weight excluding hydrogens is 319 g/mol. The van der Waals surface area contributed by atoms with Crippen molar-refractivity contribution in [2.45, 2.75) is 13.0 Å². The minimum atomic E-state index is -0.210. The van der Waals surface area contributed by atoms with Gasteiger partial charge in [0.25, 0.3) is 0 Å². The zero-order valence-electron chi connectivity index (χ0n) is 11.8. The Morgan fingerprint density at radius 1 is 1.15 bits per heavy atom. The first-order valence-electron chi connectivity index (χ1n) is 6.46. The lowest BCUT2D eigenvalue weighted by atomic mass is 10.1. The topological polar surface area (TPSA) is 15.3 Å². The van der Waals surface area contributed by atoms with E-state index in [1.54, 1.807) is 12.1 Å². The van der Waals surface area contributed by atoms with Crippen molar-refractivity contribution >= 4 is 27.3 Å². The average molecular weight is 337 g/mol. The van der Waals surface area contributed by atoms with Crippen molar-refractivity contribution in [3.8, 4) is 0 Å².